The molecule has 1 saturated heterocycles. The molecule has 0 unspecified atom stereocenters. The minimum absolute atomic E-state index is 0.0304. The monoisotopic (exact) mass is 380 g/mol. The summed E-state index contributed by atoms with van der Waals surface area (Å²) in [5.41, 5.74) is 1.29. The summed E-state index contributed by atoms with van der Waals surface area (Å²) in [6.07, 6.45) is 2.27. The molecule has 1 aliphatic rings. The number of hydrogen-bond acceptors (Lipinski definition) is 2. The Hall–Kier alpha value is -2.79. The molecule has 3 nitrogen and oxygen atoms in total. The number of fused-ring (bicyclic) bond motifs is 1. The third-order valence-corrected chi connectivity index (χ3v) is 5.40. The van der Waals surface area contributed by atoms with E-state index in [-0.39, 0.29) is 11.6 Å². The van der Waals surface area contributed by atoms with E-state index < -0.39 is 17.5 Å². The highest BCUT2D eigenvalue weighted by atomic mass is 19.2. The van der Waals surface area contributed by atoms with Crippen LogP contribution in [0, 0.1) is 11.6 Å². The fraction of sp³-hybridized carbons (Fsp3) is 0.261. The maximum atomic E-state index is 13.5. The average molecular weight is 380 g/mol. The Morgan fingerprint density at radius 3 is 2.50 bits per heavy atom. The zero-order valence-corrected chi connectivity index (χ0v) is 15.5. The Morgan fingerprint density at radius 2 is 1.71 bits per heavy atom. The molecule has 5 heteroatoms. The van der Waals surface area contributed by atoms with Gasteiger partial charge in [0, 0.05) is 12.1 Å². The summed E-state index contributed by atoms with van der Waals surface area (Å²) >= 11 is 0. The number of amides is 1. The standard InChI is InChI=1S/C23H22F2N2O/c24-20-11-10-17(14-21(20)25)23(28)26-15-22(27-12-3-4-13-27)19-9-5-7-16-6-1-2-8-18(16)19/h1-2,5-11,14,22H,3-4,12-13,15H2,(H,26,28)/t22-/m0/s1. The number of nitrogens with zero attached hydrogens (tertiary/aromatic N) is 1. The van der Waals surface area contributed by atoms with Gasteiger partial charge < -0.3 is 5.32 Å². The molecule has 0 bridgehead atoms. The summed E-state index contributed by atoms with van der Waals surface area (Å²) < 4.78 is 26.6. The highest BCUT2D eigenvalue weighted by molar-refractivity contribution is 5.94. The third kappa shape index (κ3) is 3.76. The Balaban J connectivity index is 1.60. The molecule has 0 spiro atoms. The quantitative estimate of drug-likeness (QED) is 0.697. The second kappa shape index (κ2) is 8.07. The van der Waals surface area contributed by atoms with Gasteiger partial charge in [-0.25, -0.2) is 8.78 Å². The van der Waals surface area contributed by atoms with Crippen LogP contribution in [0.3, 0.4) is 0 Å². The second-order valence-electron chi connectivity index (χ2n) is 7.17. The van der Waals surface area contributed by atoms with Gasteiger partial charge in [0.25, 0.3) is 5.91 Å². The molecule has 3 aromatic rings. The summed E-state index contributed by atoms with van der Waals surface area (Å²) in [4.78, 5) is 14.9. The van der Waals surface area contributed by atoms with Gasteiger partial charge in [0.05, 0.1) is 6.04 Å². The lowest BCUT2D eigenvalue weighted by atomic mass is 9.97. The van der Waals surface area contributed by atoms with Gasteiger partial charge in [-0.3, -0.25) is 9.69 Å². The number of carbonyl (C=O) groups is 1. The van der Waals surface area contributed by atoms with E-state index in [9.17, 15) is 13.6 Å². The summed E-state index contributed by atoms with van der Waals surface area (Å²) in [7, 11) is 0. The molecule has 1 N–H and O–H groups in total. The lowest BCUT2D eigenvalue weighted by molar-refractivity contribution is 0.0937. The Labute approximate surface area is 163 Å². The van der Waals surface area contributed by atoms with Crippen LogP contribution in [0.2, 0.25) is 0 Å². The van der Waals surface area contributed by atoms with E-state index in [1.807, 2.05) is 18.2 Å². The van der Waals surface area contributed by atoms with E-state index in [2.05, 4.69) is 34.5 Å². The first kappa shape index (κ1) is 18.6. The van der Waals surface area contributed by atoms with Gasteiger partial charge in [0.1, 0.15) is 0 Å². The van der Waals surface area contributed by atoms with Gasteiger partial charge in [0.15, 0.2) is 11.6 Å². The number of carbonyl (C=O) groups excluding carboxylic acids is 1. The molecule has 0 aromatic heterocycles. The van der Waals surface area contributed by atoms with E-state index in [1.165, 1.54) is 17.0 Å². The summed E-state index contributed by atoms with van der Waals surface area (Å²) in [5.74, 6) is -2.37. The lowest BCUT2D eigenvalue weighted by Gasteiger charge is -2.29. The summed E-state index contributed by atoms with van der Waals surface area (Å²) in [6.45, 7) is 2.37. The first-order valence-electron chi connectivity index (χ1n) is 9.58. The van der Waals surface area contributed by atoms with Crippen molar-refractivity contribution in [3.63, 3.8) is 0 Å². The van der Waals surface area contributed by atoms with Gasteiger partial charge >= 0.3 is 0 Å². The first-order chi connectivity index (χ1) is 13.6. The van der Waals surface area contributed by atoms with Gasteiger partial charge in [-0.05, 0) is 60.5 Å². The van der Waals surface area contributed by atoms with Crippen LogP contribution in [-0.4, -0.2) is 30.4 Å². The van der Waals surface area contributed by atoms with Gasteiger partial charge in [-0.1, -0.05) is 42.5 Å². The van der Waals surface area contributed by atoms with Crippen LogP contribution < -0.4 is 5.32 Å². The zero-order chi connectivity index (χ0) is 19.5. The molecule has 1 amide bonds. The molecule has 3 aromatic carbocycles. The third-order valence-electron chi connectivity index (χ3n) is 5.40. The molecule has 0 aliphatic carbocycles. The zero-order valence-electron chi connectivity index (χ0n) is 15.5. The van der Waals surface area contributed by atoms with Gasteiger partial charge in [-0.2, -0.15) is 0 Å². The Morgan fingerprint density at radius 1 is 0.964 bits per heavy atom. The summed E-state index contributed by atoms with van der Waals surface area (Å²) in [6, 6.07) is 17.7. The average Bonchev–Trinajstić information content (AvgIpc) is 3.25. The van der Waals surface area contributed by atoms with Crippen molar-refractivity contribution in [3.8, 4) is 0 Å². The molecule has 0 radical (unpaired) electrons. The van der Waals surface area contributed by atoms with E-state index in [0.29, 0.717) is 6.54 Å². The van der Waals surface area contributed by atoms with Crippen LogP contribution in [0.25, 0.3) is 10.8 Å². The van der Waals surface area contributed by atoms with Crippen molar-refractivity contribution >= 4 is 16.7 Å². The Kier molecular flexibility index (Phi) is 5.35. The number of benzene rings is 3. The Bertz CT molecular complexity index is 994. The van der Waals surface area contributed by atoms with Crippen LogP contribution in [0.4, 0.5) is 8.78 Å². The molecule has 0 saturated carbocycles. The SMILES string of the molecule is O=C(NC[C@@H](c1cccc2ccccc12)N1CCCC1)c1ccc(F)c(F)c1. The molecular formula is C23H22F2N2O. The van der Waals surface area contributed by atoms with Crippen molar-refractivity contribution in [2.24, 2.45) is 0 Å². The van der Waals surface area contributed by atoms with Crippen molar-refractivity contribution in [1.29, 1.82) is 0 Å². The van der Waals surface area contributed by atoms with Gasteiger partial charge in [0.2, 0.25) is 0 Å². The number of rotatable bonds is 5. The molecule has 28 heavy (non-hydrogen) atoms. The van der Waals surface area contributed by atoms with Crippen molar-refractivity contribution < 1.29 is 13.6 Å². The maximum Gasteiger partial charge on any atom is 0.251 e. The number of halogens is 2. The van der Waals surface area contributed by atoms with Crippen LogP contribution in [-0.2, 0) is 0 Å². The second-order valence-corrected chi connectivity index (χ2v) is 7.17. The fourth-order valence-electron chi connectivity index (χ4n) is 3.96. The fourth-order valence-corrected chi connectivity index (χ4v) is 3.96. The first-order valence-corrected chi connectivity index (χ1v) is 9.58. The normalized spacial score (nSPS) is 15.6. The molecule has 144 valence electrons. The molecule has 1 heterocycles. The molecule has 4 rings (SSSR count). The van der Waals surface area contributed by atoms with E-state index in [1.54, 1.807) is 0 Å². The predicted molar refractivity (Wildman–Crippen MR) is 106 cm³/mol. The largest absolute Gasteiger partial charge is 0.350 e. The number of nitrogens with one attached hydrogen (secondary N) is 1. The maximum absolute atomic E-state index is 13.5. The number of likely N-dealkylation sites (tertiary alicyclic amines) is 1. The topological polar surface area (TPSA) is 32.3 Å². The molecule has 1 fully saturated rings. The van der Waals surface area contributed by atoms with Crippen LogP contribution >= 0.6 is 0 Å². The van der Waals surface area contributed by atoms with Crippen LogP contribution in [0.15, 0.2) is 60.7 Å². The van der Waals surface area contributed by atoms with Crippen LogP contribution in [0.5, 0.6) is 0 Å². The van der Waals surface area contributed by atoms with Crippen molar-refractivity contribution in [2.75, 3.05) is 19.6 Å². The molecule has 1 atom stereocenters. The smallest absolute Gasteiger partial charge is 0.251 e. The van der Waals surface area contributed by atoms with E-state index in [4.69, 9.17) is 0 Å². The summed E-state index contributed by atoms with van der Waals surface area (Å²) in [5, 5.41) is 5.25. The minimum Gasteiger partial charge on any atom is -0.350 e. The van der Waals surface area contributed by atoms with E-state index in [0.717, 1.165) is 43.5 Å². The van der Waals surface area contributed by atoms with E-state index >= 15 is 0 Å². The lowest BCUT2D eigenvalue weighted by Crippen LogP contribution is -2.37. The molecule has 1 aliphatic heterocycles. The highest BCUT2D eigenvalue weighted by Crippen LogP contribution is 2.30. The predicted octanol–water partition coefficient (Wildman–Crippen LogP) is 4.68. The number of hydrogen-bond donors (Lipinski definition) is 1. The van der Waals surface area contributed by atoms with Crippen molar-refractivity contribution in [3.05, 3.63) is 83.4 Å². The highest BCUT2D eigenvalue weighted by Gasteiger charge is 2.25. The van der Waals surface area contributed by atoms with Crippen molar-refractivity contribution in [2.45, 2.75) is 18.9 Å². The molecular weight excluding hydrogens is 358 g/mol. The van der Waals surface area contributed by atoms with Crippen molar-refractivity contribution in [1.82, 2.24) is 10.2 Å². The minimum atomic E-state index is -1.02. The van der Waals surface area contributed by atoms with Gasteiger partial charge in [-0.15, -0.1) is 0 Å². The van der Waals surface area contributed by atoms with Crippen LogP contribution in [0.1, 0.15) is 34.8 Å².